The first-order chi connectivity index (χ1) is 16.3. The zero-order valence-corrected chi connectivity index (χ0v) is 19.8. The summed E-state index contributed by atoms with van der Waals surface area (Å²) in [7, 11) is 0. The summed E-state index contributed by atoms with van der Waals surface area (Å²) in [6.45, 7) is 0.433. The van der Waals surface area contributed by atoms with Gasteiger partial charge in [-0.15, -0.1) is 11.3 Å². The van der Waals surface area contributed by atoms with Gasteiger partial charge in [0.1, 0.15) is 5.75 Å². The van der Waals surface area contributed by atoms with Gasteiger partial charge in [-0.3, -0.25) is 4.99 Å². The molecule has 0 aliphatic carbocycles. The Kier molecular flexibility index (Phi) is 7.28. The molecule has 34 heavy (non-hydrogen) atoms. The predicted molar refractivity (Wildman–Crippen MR) is 131 cm³/mol. The van der Waals surface area contributed by atoms with Crippen molar-refractivity contribution >= 4 is 34.3 Å². The number of nitrogens with two attached hydrogens (primary N) is 1. The number of nitrogen functional groups attached to an aromatic ring is 1. The highest BCUT2D eigenvalue weighted by Gasteiger charge is 2.40. The predicted octanol–water partition coefficient (Wildman–Crippen LogP) is 6.73. The monoisotopic (exact) mass is 505 g/mol. The second-order valence-electron chi connectivity index (χ2n) is 8.03. The van der Waals surface area contributed by atoms with Crippen LogP contribution in [0.4, 0.5) is 18.3 Å². The van der Waals surface area contributed by atoms with Crippen molar-refractivity contribution in [2.24, 2.45) is 4.99 Å². The molecule has 1 atom stereocenters. The van der Waals surface area contributed by atoms with Crippen molar-refractivity contribution in [2.45, 2.75) is 30.9 Å². The average Bonchev–Trinajstić information content (AvgIpc) is 3.27. The number of aryl methyl sites for hydroxylation is 1. The van der Waals surface area contributed by atoms with Crippen molar-refractivity contribution in [3.63, 3.8) is 0 Å². The van der Waals surface area contributed by atoms with Gasteiger partial charge in [0, 0.05) is 16.6 Å². The number of unbranched alkanes of at least 4 members (excludes halogenated alkanes) is 1. The van der Waals surface area contributed by atoms with E-state index in [0.717, 1.165) is 24.5 Å². The highest BCUT2D eigenvalue weighted by atomic mass is 35.5. The van der Waals surface area contributed by atoms with Crippen LogP contribution in [0, 0.1) is 0 Å². The molecule has 0 saturated heterocycles. The zero-order valence-electron chi connectivity index (χ0n) is 18.2. The number of halogens is 4. The van der Waals surface area contributed by atoms with E-state index in [1.807, 2.05) is 30.3 Å². The molecule has 2 heterocycles. The van der Waals surface area contributed by atoms with Crippen LogP contribution in [0.25, 0.3) is 0 Å². The minimum atomic E-state index is -4.57. The van der Waals surface area contributed by atoms with E-state index in [9.17, 15) is 13.2 Å². The standard InChI is InChI=1S/C25H23ClF3N3OS/c26-19-8-5-17(6-9-19)4-1-2-13-33-21-10-7-18(14-20(21)25(27,28)29)24(11-3-12-31-16-24)22-15-34-23(30)32-22/h3,5-12,14-15H,1-2,4,13,16H2,(H2,30,32). The molecule has 0 saturated carbocycles. The molecule has 3 aromatic rings. The molecule has 0 fully saturated rings. The van der Waals surface area contributed by atoms with Gasteiger partial charge in [-0.1, -0.05) is 35.9 Å². The zero-order chi connectivity index (χ0) is 24.2. The van der Waals surface area contributed by atoms with Gasteiger partial charge in [-0.2, -0.15) is 13.2 Å². The lowest BCUT2D eigenvalue weighted by Crippen LogP contribution is -2.31. The van der Waals surface area contributed by atoms with E-state index >= 15 is 0 Å². The Morgan fingerprint density at radius 1 is 1.12 bits per heavy atom. The van der Waals surface area contributed by atoms with Gasteiger partial charge in [0.15, 0.2) is 5.13 Å². The van der Waals surface area contributed by atoms with Crippen molar-refractivity contribution in [3.8, 4) is 5.75 Å². The van der Waals surface area contributed by atoms with Crippen molar-refractivity contribution in [3.05, 3.63) is 87.4 Å². The van der Waals surface area contributed by atoms with Gasteiger partial charge in [-0.25, -0.2) is 4.98 Å². The van der Waals surface area contributed by atoms with E-state index in [1.165, 1.54) is 17.4 Å². The molecule has 0 radical (unpaired) electrons. The van der Waals surface area contributed by atoms with Crippen LogP contribution >= 0.6 is 22.9 Å². The Hall–Kier alpha value is -2.84. The van der Waals surface area contributed by atoms with Gasteiger partial charge in [0.05, 0.1) is 29.8 Å². The van der Waals surface area contributed by atoms with Gasteiger partial charge in [-0.05, 0) is 60.7 Å². The molecule has 0 amide bonds. The summed E-state index contributed by atoms with van der Waals surface area (Å²) in [5.74, 6) is -0.182. The van der Waals surface area contributed by atoms with Gasteiger partial charge in [0.2, 0.25) is 0 Å². The summed E-state index contributed by atoms with van der Waals surface area (Å²) >= 11 is 7.14. The van der Waals surface area contributed by atoms with E-state index < -0.39 is 17.2 Å². The number of thiazole rings is 1. The molecule has 0 bridgehead atoms. The summed E-state index contributed by atoms with van der Waals surface area (Å²) in [5.41, 5.74) is 6.22. The third kappa shape index (κ3) is 5.45. The van der Waals surface area contributed by atoms with Gasteiger partial charge >= 0.3 is 6.18 Å². The van der Waals surface area contributed by atoms with Crippen molar-refractivity contribution in [2.75, 3.05) is 18.9 Å². The number of aromatic nitrogens is 1. The summed E-state index contributed by atoms with van der Waals surface area (Å²) in [5, 5.41) is 2.79. The number of alkyl halides is 3. The number of hydrogen-bond acceptors (Lipinski definition) is 5. The number of rotatable bonds is 8. The van der Waals surface area contributed by atoms with Crippen LogP contribution in [0.1, 0.15) is 35.2 Å². The molecular formula is C25H23ClF3N3OS. The number of allylic oxidation sites excluding steroid dienone is 1. The van der Waals surface area contributed by atoms with Crippen LogP contribution in [0.5, 0.6) is 5.75 Å². The molecule has 178 valence electrons. The fraction of sp³-hybridized carbons (Fsp3) is 0.280. The summed E-state index contributed by atoms with van der Waals surface area (Å²) in [6.07, 6.45) is 2.81. The molecule has 1 aromatic heterocycles. The van der Waals surface area contributed by atoms with E-state index in [2.05, 4.69) is 9.98 Å². The van der Waals surface area contributed by atoms with Crippen LogP contribution in [0.2, 0.25) is 5.02 Å². The maximum Gasteiger partial charge on any atom is 0.419 e. The minimum Gasteiger partial charge on any atom is -0.493 e. The molecule has 2 N–H and O–H groups in total. The Bertz CT molecular complexity index is 1190. The fourth-order valence-electron chi connectivity index (χ4n) is 3.93. The lowest BCUT2D eigenvalue weighted by molar-refractivity contribution is -0.139. The van der Waals surface area contributed by atoms with E-state index in [1.54, 1.807) is 23.7 Å². The molecule has 1 aliphatic rings. The number of ether oxygens (including phenoxy) is 1. The second-order valence-corrected chi connectivity index (χ2v) is 9.36. The normalized spacial score (nSPS) is 17.8. The maximum absolute atomic E-state index is 14.0. The largest absolute Gasteiger partial charge is 0.493 e. The van der Waals surface area contributed by atoms with Crippen LogP contribution in [0.15, 0.2) is 65.0 Å². The Morgan fingerprint density at radius 2 is 1.91 bits per heavy atom. The fourth-order valence-corrected chi connectivity index (χ4v) is 4.70. The van der Waals surface area contributed by atoms with Crippen molar-refractivity contribution < 1.29 is 17.9 Å². The topological polar surface area (TPSA) is 60.5 Å². The number of hydrogen-bond donors (Lipinski definition) is 1. The first-order valence-corrected chi connectivity index (χ1v) is 12.0. The Labute approximate surface area is 205 Å². The lowest BCUT2D eigenvalue weighted by atomic mass is 9.76. The summed E-state index contributed by atoms with van der Waals surface area (Å²) < 4.78 is 47.5. The number of anilines is 1. The first kappa shape index (κ1) is 24.3. The van der Waals surface area contributed by atoms with Gasteiger partial charge < -0.3 is 10.5 Å². The van der Waals surface area contributed by atoms with Crippen LogP contribution in [-0.2, 0) is 18.0 Å². The van der Waals surface area contributed by atoms with E-state index in [4.69, 9.17) is 22.1 Å². The molecule has 2 aromatic carbocycles. The number of dihydropyridines is 1. The Morgan fingerprint density at radius 3 is 2.56 bits per heavy atom. The number of nitrogens with zero attached hydrogens (tertiary/aromatic N) is 2. The molecule has 9 heteroatoms. The van der Waals surface area contributed by atoms with E-state index in [-0.39, 0.29) is 18.9 Å². The third-order valence-corrected chi connectivity index (χ3v) is 6.65. The molecule has 4 rings (SSSR count). The maximum atomic E-state index is 14.0. The van der Waals surface area contributed by atoms with Crippen LogP contribution in [0.3, 0.4) is 0 Å². The highest BCUT2D eigenvalue weighted by molar-refractivity contribution is 7.13. The SMILES string of the molecule is Nc1nc(C2(c3ccc(OCCCCc4ccc(Cl)cc4)c(C(F)(F)F)c3)C=CC=NC2)cs1. The van der Waals surface area contributed by atoms with Crippen molar-refractivity contribution in [1.82, 2.24) is 4.98 Å². The second kappa shape index (κ2) is 10.2. The van der Waals surface area contributed by atoms with Crippen LogP contribution < -0.4 is 10.5 Å². The van der Waals surface area contributed by atoms with Gasteiger partial charge in [0.25, 0.3) is 0 Å². The highest BCUT2D eigenvalue weighted by Crippen LogP contribution is 2.42. The minimum absolute atomic E-state index is 0.182. The summed E-state index contributed by atoms with van der Waals surface area (Å²) in [4.78, 5) is 8.65. The summed E-state index contributed by atoms with van der Waals surface area (Å²) in [6, 6.07) is 11.7. The molecule has 0 spiro atoms. The molecule has 4 nitrogen and oxygen atoms in total. The smallest absolute Gasteiger partial charge is 0.419 e. The van der Waals surface area contributed by atoms with Crippen LogP contribution in [-0.4, -0.2) is 24.4 Å². The number of benzene rings is 2. The Balaban J connectivity index is 1.51. The van der Waals surface area contributed by atoms with Crippen molar-refractivity contribution in [1.29, 1.82) is 0 Å². The quantitative estimate of drug-likeness (QED) is 0.345. The molecule has 1 aliphatic heterocycles. The average molecular weight is 506 g/mol. The molecule has 1 unspecified atom stereocenters. The number of aliphatic imine (C=N–C) groups is 1. The lowest BCUT2D eigenvalue weighted by Gasteiger charge is -2.30. The third-order valence-electron chi connectivity index (χ3n) is 5.72. The molecular weight excluding hydrogens is 483 g/mol. The van der Waals surface area contributed by atoms with E-state index in [0.29, 0.717) is 27.8 Å². The first-order valence-electron chi connectivity index (χ1n) is 10.8.